The molecule has 0 aromatic heterocycles. The molecule has 0 aliphatic carbocycles. The number of hydrogen-bond acceptors (Lipinski definition) is 4. The first kappa shape index (κ1) is 17.0. The van der Waals surface area contributed by atoms with Crippen LogP contribution in [0.5, 0.6) is 5.75 Å². The van der Waals surface area contributed by atoms with Gasteiger partial charge in [0.25, 0.3) is 0 Å². The van der Waals surface area contributed by atoms with E-state index in [1.54, 1.807) is 12.1 Å². The number of hydrogen-bond donors (Lipinski definition) is 1. The Morgan fingerprint density at radius 2 is 1.59 bits per heavy atom. The van der Waals surface area contributed by atoms with Crippen LogP contribution >= 0.6 is 0 Å². The predicted octanol–water partition coefficient (Wildman–Crippen LogP) is 4.66. The Kier molecular flexibility index (Phi) is 4.66. The highest BCUT2D eigenvalue weighted by atomic mass is 19.1. The number of halogens is 1. The van der Waals surface area contributed by atoms with Crippen molar-refractivity contribution in [2.45, 2.75) is 6.92 Å². The number of aliphatic imine (C=N–C) groups is 1. The van der Waals surface area contributed by atoms with Crippen molar-refractivity contribution in [1.82, 2.24) is 5.43 Å². The van der Waals surface area contributed by atoms with Gasteiger partial charge in [-0.2, -0.15) is 5.10 Å². The lowest BCUT2D eigenvalue weighted by Gasteiger charge is -2.09. The molecule has 4 nitrogen and oxygen atoms in total. The molecule has 1 aliphatic heterocycles. The molecule has 0 fully saturated rings. The third-order valence-electron chi connectivity index (χ3n) is 4.22. The predicted molar refractivity (Wildman–Crippen MR) is 105 cm³/mol. The second kappa shape index (κ2) is 7.41. The first-order chi connectivity index (χ1) is 13.2. The minimum absolute atomic E-state index is 0.285. The SMILES string of the molecule is CCOc1ccc(C2=NNC(c3ccc(F)cc3)=Nc3ccccc32)cc1. The molecule has 4 rings (SSSR count). The lowest BCUT2D eigenvalue weighted by atomic mass is 10.0. The molecule has 0 saturated heterocycles. The van der Waals surface area contributed by atoms with Crippen molar-refractivity contribution in [2.75, 3.05) is 6.61 Å². The summed E-state index contributed by atoms with van der Waals surface area (Å²) in [5.41, 5.74) is 7.27. The first-order valence-electron chi connectivity index (χ1n) is 8.75. The number of para-hydroxylation sites is 1. The molecule has 0 unspecified atom stereocenters. The van der Waals surface area contributed by atoms with E-state index in [2.05, 4.69) is 10.5 Å². The van der Waals surface area contributed by atoms with Crippen LogP contribution in [-0.2, 0) is 0 Å². The molecule has 27 heavy (non-hydrogen) atoms. The van der Waals surface area contributed by atoms with E-state index < -0.39 is 0 Å². The summed E-state index contributed by atoms with van der Waals surface area (Å²) >= 11 is 0. The molecule has 1 heterocycles. The Balaban J connectivity index is 1.76. The smallest absolute Gasteiger partial charge is 0.154 e. The van der Waals surface area contributed by atoms with Gasteiger partial charge in [-0.1, -0.05) is 18.2 Å². The molecule has 0 bridgehead atoms. The standard InChI is InChI=1S/C22H18FN3O/c1-2-27-18-13-9-15(10-14-18)21-19-5-3-4-6-20(19)24-22(26-25-21)16-7-11-17(23)12-8-16/h3-14H,2H2,1H3,(H,24,26). The van der Waals surface area contributed by atoms with Crippen LogP contribution in [0.4, 0.5) is 10.1 Å². The lowest BCUT2D eigenvalue weighted by Crippen LogP contribution is -2.19. The van der Waals surface area contributed by atoms with E-state index in [9.17, 15) is 4.39 Å². The number of rotatable bonds is 4. The van der Waals surface area contributed by atoms with E-state index in [0.717, 1.165) is 33.8 Å². The third kappa shape index (κ3) is 3.58. The van der Waals surface area contributed by atoms with Crippen LogP contribution in [0.1, 0.15) is 23.6 Å². The van der Waals surface area contributed by atoms with Gasteiger partial charge >= 0.3 is 0 Å². The molecule has 5 heteroatoms. The Morgan fingerprint density at radius 1 is 0.889 bits per heavy atom. The number of nitrogens with zero attached hydrogens (tertiary/aromatic N) is 2. The van der Waals surface area contributed by atoms with Crippen molar-refractivity contribution in [1.29, 1.82) is 0 Å². The zero-order valence-corrected chi connectivity index (χ0v) is 14.8. The minimum Gasteiger partial charge on any atom is -0.494 e. The highest BCUT2D eigenvalue weighted by Crippen LogP contribution is 2.26. The Labute approximate surface area is 157 Å². The molecule has 1 aliphatic rings. The van der Waals surface area contributed by atoms with Gasteiger partial charge in [-0.15, -0.1) is 0 Å². The topological polar surface area (TPSA) is 46.0 Å². The molecule has 0 radical (unpaired) electrons. The average Bonchev–Trinajstić information content (AvgIpc) is 2.89. The molecule has 3 aromatic carbocycles. The maximum atomic E-state index is 13.2. The number of nitrogens with one attached hydrogen (secondary N) is 1. The number of hydrazone groups is 1. The third-order valence-corrected chi connectivity index (χ3v) is 4.22. The van der Waals surface area contributed by atoms with Crippen molar-refractivity contribution in [3.63, 3.8) is 0 Å². The summed E-state index contributed by atoms with van der Waals surface area (Å²) in [6.45, 7) is 2.58. The fourth-order valence-corrected chi connectivity index (χ4v) is 2.92. The Bertz CT molecular complexity index is 1010. The van der Waals surface area contributed by atoms with Crippen LogP contribution in [0, 0.1) is 5.82 Å². The van der Waals surface area contributed by atoms with Crippen LogP contribution in [0.2, 0.25) is 0 Å². The van der Waals surface area contributed by atoms with Crippen molar-refractivity contribution in [3.05, 3.63) is 95.3 Å². The number of fused-ring (bicyclic) bond motifs is 1. The van der Waals surface area contributed by atoms with Gasteiger partial charge in [0.1, 0.15) is 11.6 Å². The molecular formula is C22H18FN3O. The maximum Gasteiger partial charge on any atom is 0.154 e. The van der Waals surface area contributed by atoms with Crippen molar-refractivity contribution >= 4 is 17.2 Å². The van der Waals surface area contributed by atoms with Gasteiger partial charge < -0.3 is 4.74 Å². The van der Waals surface area contributed by atoms with E-state index in [0.29, 0.717) is 12.4 Å². The van der Waals surface area contributed by atoms with Gasteiger partial charge in [-0.3, -0.25) is 5.43 Å². The van der Waals surface area contributed by atoms with Gasteiger partial charge in [0.15, 0.2) is 5.84 Å². The van der Waals surface area contributed by atoms with Gasteiger partial charge in [0, 0.05) is 16.7 Å². The molecular weight excluding hydrogens is 341 g/mol. The maximum absolute atomic E-state index is 13.2. The van der Waals surface area contributed by atoms with Crippen LogP contribution in [0.25, 0.3) is 0 Å². The highest BCUT2D eigenvalue weighted by Gasteiger charge is 2.17. The van der Waals surface area contributed by atoms with E-state index in [-0.39, 0.29) is 5.82 Å². The second-order valence-corrected chi connectivity index (χ2v) is 6.01. The molecule has 0 spiro atoms. The number of ether oxygens (including phenoxy) is 1. The molecule has 3 aromatic rings. The van der Waals surface area contributed by atoms with Crippen LogP contribution in [-0.4, -0.2) is 18.2 Å². The molecule has 1 N–H and O–H groups in total. The minimum atomic E-state index is -0.285. The lowest BCUT2D eigenvalue weighted by molar-refractivity contribution is 0.340. The largest absolute Gasteiger partial charge is 0.494 e. The first-order valence-corrected chi connectivity index (χ1v) is 8.75. The van der Waals surface area contributed by atoms with Crippen molar-refractivity contribution in [3.8, 4) is 5.75 Å². The summed E-state index contributed by atoms with van der Waals surface area (Å²) in [7, 11) is 0. The fraction of sp³-hybridized carbons (Fsp3) is 0.0909. The van der Waals surface area contributed by atoms with Crippen LogP contribution in [0.15, 0.2) is 82.9 Å². The summed E-state index contributed by atoms with van der Waals surface area (Å²) in [6, 6.07) is 21.8. The molecule has 0 saturated carbocycles. The van der Waals surface area contributed by atoms with Crippen molar-refractivity contribution < 1.29 is 9.13 Å². The monoisotopic (exact) mass is 359 g/mol. The summed E-state index contributed by atoms with van der Waals surface area (Å²) in [6.07, 6.45) is 0. The average molecular weight is 359 g/mol. The van der Waals surface area contributed by atoms with E-state index >= 15 is 0 Å². The molecule has 134 valence electrons. The highest BCUT2D eigenvalue weighted by molar-refractivity contribution is 6.17. The van der Waals surface area contributed by atoms with E-state index in [1.165, 1.54) is 12.1 Å². The summed E-state index contributed by atoms with van der Waals surface area (Å²) in [4.78, 5) is 4.71. The Morgan fingerprint density at radius 3 is 2.33 bits per heavy atom. The van der Waals surface area contributed by atoms with E-state index in [1.807, 2.05) is 55.5 Å². The number of benzene rings is 3. The van der Waals surface area contributed by atoms with Crippen LogP contribution < -0.4 is 10.2 Å². The van der Waals surface area contributed by atoms with E-state index in [4.69, 9.17) is 9.73 Å². The van der Waals surface area contributed by atoms with Crippen molar-refractivity contribution in [2.24, 2.45) is 10.1 Å². The summed E-state index contributed by atoms with van der Waals surface area (Å²) in [5, 5.41) is 4.59. The van der Waals surface area contributed by atoms with Gasteiger partial charge in [-0.05, 0) is 61.5 Å². The summed E-state index contributed by atoms with van der Waals surface area (Å²) < 4.78 is 18.8. The van der Waals surface area contributed by atoms with Gasteiger partial charge in [0.2, 0.25) is 0 Å². The zero-order valence-electron chi connectivity index (χ0n) is 14.8. The second-order valence-electron chi connectivity index (χ2n) is 6.01. The van der Waals surface area contributed by atoms with Crippen LogP contribution in [0.3, 0.4) is 0 Å². The fourth-order valence-electron chi connectivity index (χ4n) is 2.92. The molecule has 0 amide bonds. The quantitative estimate of drug-likeness (QED) is 0.736. The number of amidine groups is 1. The zero-order chi connectivity index (χ0) is 18.6. The summed E-state index contributed by atoms with van der Waals surface area (Å²) in [5.74, 6) is 1.11. The normalized spacial score (nSPS) is 13.0. The Hall–Kier alpha value is -3.47. The van der Waals surface area contributed by atoms with Gasteiger partial charge in [-0.25, -0.2) is 9.38 Å². The van der Waals surface area contributed by atoms with Gasteiger partial charge in [0.05, 0.1) is 18.0 Å². The molecule has 0 atom stereocenters.